The molecule has 2 heterocycles. The number of amides is 1. The minimum atomic E-state index is -0.0961. The molecule has 0 saturated carbocycles. The van der Waals surface area contributed by atoms with Crippen molar-refractivity contribution in [2.45, 2.75) is 33.2 Å². The van der Waals surface area contributed by atoms with E-state index < -0.39 is 0 Å². The quantitative estimate of drug-likeness (QED) is 0.789. The fourth-order valence-corrected chi connectivity index (χ4v) is 3.24. The van der Waals surface area contributed by atoms with Crippen LogP contribution in [0.3, 0.4) is 0 Å². The van der Waals surface area contributed by atoms with Gasteiger partial charge in [0.1, 0.15) is 9.88 Å². The Labute approximate surface area is 159 Å². The lowest BCUT2D eigenvalue weighted by atomic mass is 10.0. The summed E-state index contributed by atoms with van der Waals surface area (Å²) >= 11 is 1.39. The summed E-state index contributed by atoms with van der Waals surface area (Å²) in [5.74, 6) is 0.392. The number of carbonyl (C=O) groups excluding carboxylic acids is 1. The maximum Gasteiger partial charge on any atom is 0.263 e. The summed E-state index contributed by atoms with van der Waals surface area (Å²) in [5.41, 5.74) is 7.41. The minimum Gasteiger partial charge on any atom is -0.347 e. The zero-order valence-electron chi connectivity index (χ0n) is 14.3. The molecule has 0 bridgehead atoms. The van der Waals surface area contributed by atoms with E-state index in [0.717, 1.165) is 22.7 Å². The van der Waals surface area contributed by atoms with E-state index in [1.807, 2.05) is 20.2 Å². The van der Waals surface area contributed by atoms with Crippen molar-refractivity contribution in [3.63, 3.8) is 0 Å². The van der Waals surface area contributed by atoms with Crippen LogP contribution in [0.2, 0.25) is 0 Å². The van der Waals surface area contributed by atoms with Crippen LogP contribution in [0.4, 0.5) is 0 Å². The molecule has 0 aliphatic carbocycles. The molecule has 6 nitrogen and oxygen atoms in total. The molecule has 0 aliphatic rings. The van der Waals surface area contributed by atoms with Crippen molar-refractivity contribution in [2.24, 2.45) is 18.7 Å². The summed E-state index contributed by atoms with van der Waals surface area (Å²) in [6.07, 6.45) is 4.51. The molecule has 9 heteroatoms. The number of aromatic nitrogens is 3. The van der Waals surface area contributed by atoms with Crippen LogP contribution < -0.4 is 11.1 Å². The summed E-state index contributed by atoms with van der Waals surface area (Å²) in [5, 5.41) is 7.96. The van der Waals surface area contributed by atoms with E-state index in [1.165, 1.54) is 11.3 Å². The van der Waals surface area contributed by atoms with E-state index in [-0.39, 0.29) is 36.8 Å². The van der Waals surface area contributed by atoms with Crippen molar-refractivity contribution < 1.29 is 4.79 Å². The van der Waals surface area contributed by atoms with Crippen LogP contribution in [-0.4, -0.2) is 33.3 Å². The molecule has 1 unspecified atom stereocenters. The van der Waals surface area contributed by atoms with Crippen LogP contribution in [-0.2, 0) is 7.05 Å². The first-order chi connectivity index (χ1) is 10.4. The maximum atomic E-state index is 12.4. The summed E-state index contributed by atoms with van der Waals surface area (Å²) in [6, 6.07) is -0.00385. The first kappa shape index (κ1) is 22.9. The number of aryl methyl sites for hydroxylation is 2. The Morgan fingerprint density at radius 1 is 1.42 bits per heavy atom. The lowest BCUT2D eigenvalue weighted by Crippen LogP contribution is -2.41. The molecule has 136 valence electrons. The van der Waals surface area contributed by atoms with Crippen molar-refractivity contribution in [1.29, 1.82) is 0 Å². The number of halogens is 2. The Morgan fingerprint density at radius 2 is 2.08 bits per heavy atom. The highest BCUT2D eigenvalue weighted by Crippen LogP contribution is 2.27. The second kappa shape index (κ2) is 9.98. The topological polar surface area (TPSA) is 85.8 Å². The SMILES string of the molecule is Cc1nc(-c2cnn(C)c2)sc1C(=O)NC(CN)CC(C)C.Cl.Cl. The van der Waals surface area contributed by atoms with Gasteiger partial charge in [-0.2, -0.15) is 5.10 Å². The molecule has 0 aliphatic heterocycles. The molecule has 2 rings (SSSR count). The van der Waals surface area contributed by atoms with Gasteiger partial charge in [0, 0.05) is 31.4 Å². The van der Waals surface area contributed by atoms with Gasteiger partial charge in [-0.1, -0.05) is 13.8 Å². The highest BCUT2D eigenvalue weighted by atomic mass is 35.5. The first-order valence-corrected chi connectivity index (χ1v) is 8.19. The predicted octanol–water partition coefficient (Wildman–Crippen LogP) is 2.80. The maximum absolute atomic E-state index is 12.4. The van der Waals surface area contributed by atoms with Gasteiger partial charge in [0.05, 0.1) is 11.9 Å². The monoisotopic (exact) mass is 393 g/mol. The number of thiazole rings is 1. The molecule has 1 amide bonds. The van der Waals surface area contributed by atoms with E-state index in [4.69, 9.17) is 5.73 Å². The average Bonchev–Trinajstić information content (AvgIpc) is 3.03. The number of hydrogen-bond acceptors (Lipinski definition) is 5. The molecule has 0 spiro atoms. The Morgan fingerprint density at radius 3 is 2.58 bits per heavy atom. The van der Waals surface area contributed by atoms with Gasteiger partial charge < -0.3 is 11.1 Å². The minimum absolute atomic E-state index is 0. The van der Waals surface area contributed by atoms with Crippen molar-refractivity contribution >= 4 is 42.1 Å². The van der Waals surface area contributed by atoms with Crippen LogP contribution in [0.5, 0.6) is 0 Å². The number of hydrogen-bond donors (Lipinski definition) is 2. The molecule has 0 saturated heterocycles. The van der Waals surface area contributed by atoms with Crippen molar-refractivity contribution in [2.75, 3.05) is 6.54 Å². The largest absolute Gasteiger partial charge is 0.347 e. The number of carbonyl (C=O) groups is 1. The zero-order chi connectivity index (χ0) is 16.3. The third-order valence-corrected chi connectivity index (χ3v) is 4.54. The highest BCUT2D eigenvalue weighted by molar-refractivity contribution is 7.17. The summed E-state index contributed by atoms with van der Waals surface area (Å²) < 4.78 is 1.72. The van der Waals surface area contributed by atoms with Crippen LogP contribution in [0.25, 0.3) is 10.6 Å². The molecule has 2 aromatic rings. The van der Waals surface area contributed by atoms with Crippen molar-refractivity contribution in [3.8, 4) is 10.6 Å². The Kier molecular flexibility index (Phi) is 9.50. The highest BCUT2D eigenvalue weighted by Gasteiger charge is 2.20. The number of nitrogens with one attached hydrogen (secondary N) is 1. The zero-order valence-corrected chi connectivity index (χ0v) is 16.7. The average molecular weight is 394 g/mol. The summed E-state index contributed by atoms with van der Waals surface area (Å²) in [6.45, 7) is 6.53. The molecule has 0 fully saturated rings. The third kappa shape index (κ3) is 5.73. The lowest BCUT2D eigenvalue weighted by Gasteiger charge is -2.18. The van der Waals surface area contributed by atoms with E-state index in [0.29, 0.717) is 17.3 Å². The van der Waals surface area contributed by atoms with Crippen LogP contribution in [0.1, 0.15) is 35.6 Å². The fourth-order valence-electron chi connectivity index (χ4n) is 2.30. The molecule has 2 aromatic heterocycles. The van der Waals surface area contributed by atoms with E-state index >= 15 is 0 Å². The predicted molar refractivity (Wildman–Crippen MR) is 103 cm³/mol. The summed E-state index contributed by atoms with van der Waals surface area (Å²) in [4.78, 5) is 17.6. The third-order valence-electron chi connectivity index (χ3n) is 3.33. The second-order valence-electron chi connectivity index (χ2n) is 5.87. The standard InChI is InChI=1S/C15H23N5OS.2ClH/c1-9(2)5-12(6-16)19-14(21)13-10(3)18-15(22-13)11-7-17-20(4)8-11;;/h7-9,12H,5-6,16H2,1-4H3,(H,19,21);2*1H. The number of nitrogens with two attached hydrogens (primary N) is 1. The van der Waals surface area contributed by atoms with Crippen molar-refractivity contribution in [1.82, 2.24) is 20.1 Å². The van der Waals surface area contributed by atoms with Gasteiger partial charge in [-0.15, -0.1) is 36.2 Å². The van der Waals surface area contributed by atoms with Crippen molar-refractivity contribution in [3.05, 3.63) is 23.0 Å². The van der Waals surface area contributed by atoms with Gasteiger partial charge in [0.15, 0.2) is 0 Å². The lowest BCUT2D eigenvalue weighted by molar-refractivity contribution is 0.0937. The van der Waals surface area contributed by atoms with Crippen LogP contribution in [0.15, 0.2) is 12.4 Å². The van der Waals surface area contributed by atoms with Gasteiger partial charge in [-0.05, 0) is 19.3 Å². The Balaban J connectivity index is 0.00000264. The van der Waals surface area contributed by atoms with Crippen LogP contribution in [0, 0.1) is 12.8 Å². The number of rotatable bonds is 6. The fraction of sp³-hybridized carbons (Fsp3) is 0.533. The van der Waals surface area contributed by atoms with E-state index in [1.54, 1.807) is 10.9 Å². The Bertz CT molecular complexity index is 656. The molecule has 1 atom stereocenters. The van der Waals surface area contributed by atoms with E-state index in [9.17, 15) is 4.79 Å². The molecule has 24 heavy (non-hydrogen) atoms. The molecule has 3 N–H and O–H groups in total. The molecular weight excluding hydrogens is 369 g/mol. The van der Waals surface area contributed by atoms with Gasteiger partial charge in [0.25, 0.3) is 5.91 Å². The summed E-state index contributed by atoms with van der Waals surface area (Å²) in [7, 11) is 1.86. The normalized spacial score (nSPS) is 11.6. The second-order valence-corrected chi connectivity index (χ2v) is 6.87. The number of nitrogens with zero attached hydrogens (tertiary/aromatic N) is 3. The van der Waals surface area contributed by atoms with Gasteiger partial charge >= 0.3 is 0 Å². The van der Waals surface area contributed by atoms with E-state index in [2.05, 4.69) is 29.2 Å². The molecular formula is C15H25Cl2N5OS. The Hall–Kier alpha value is -1.15. The first-order valence-electron chi connectivity index (χ1n) is 7.38. The van der Waals surface area contributed by atoms with Gasteiger partial charge in [-0.3, -0.25) is 9.48 Å². The molecule has 0 aromatic carbocycles. The van der Waals surface area contributed by atoms with Crippen LogP contribution >= 0.6 is 36.2 Å². The van der Waals surface area contributed by atoms with Gasteiger partial charge in [0.2, 0.25) is 0 Å². The smallest absolute Gasteiger partial charge is 0.263 e. The van der Waals surface area contributed by atoms with Gasteiger partial charge in [-0.25, -0.2) is 4.98 Å². The molecule has 0 radical (unpaired) electrons.